The van der Waals surface area contributed by atoms with E-state index in [0.29, 0.717) is 22.7 Å². The van der Waals surface area contributed by atoms with Gasteiger partial charge in [0.1, 0.15) is 5.75 Å². The highest BCUT2D eigenvalue weighted by atomic mass is 16.5. The predicted octanol–water partition coefficient (Wildman–Crippen LogP) is 3.52. The Balaban J connectivity index is 2.21. The van der Waals surface area contributed by atoms with Gasteiger partial charge >= 0.3 is 0 Å². The Labute approximate surface area is 135 Å². The molecule has 0 aliphatic heterocycles. The lowest BCUT2D eigenvalue weighted by molar-refractivity contribution is -0.114. The van der Waals surface area contributed by atoms with Crippen molar-refractivity contribution < 1.29 is 14.3 Å². The van der Waals surface area contributed by atoms with Crippen molar-refractivity contribution in [2.75, 3.05) is 17.7 Å². The van der Waals surface area contributed by atoms with Gasteiger partial charge in [-0.1, -0.05) is 6.07 Å². The van der Waals surface area contributed by atoms with E-state index in [9.17, 15) is 9.59 Å². The molecule has 0 saturated heterocycles. The van der Waals surface area contributed by atoms with Gasteiger partial charge in [0.15, 0.2) is 0 Å². The second-order valence-corrected chi connectivity index (χ2v) is 5.37. The third-order valence-electron chi connectivity index (χ3n) is 3.35. The molecule has 2 amide bonds. The van der Waals surface area contributed by atoms with Crippen LogP contribution in [0.2, 0.25) is 0 Å². The zero-order valence-corrected chi connectivity index (χ0v) is 13.7. The molecule has 0 heterocycles. The second kappa shape index (κ2) is 6.96. The Morgan fingerprint density at radius 1 is 0.957 bits per heavy atom. The largest absolute Gasteiger partial charge is 0.496 e. The minimum absolute atomic E-state index is 0.137. The Kier molecular flexibility index (Phi) is 5.01. The summed E-state index contributed by atoms with van der Waals surface area (Å²) in [5.41, 5.74) is 3.74. The average Bonchev–Trinajstić information content (AvgIpc) is 2.47. The van der Waals surface area contributed by atoms with E-state index in [1.54, 1.807) is 31.4 Å². The van der Waals surface area contributed by atoms with Gasteiger partial charge in [-0.25, -0.2) is 0 Å². The summed E-state index contributed by atoms with van der Waals surface area (Å²) in [6.07, 6.45) is 0. The fourth-order valence-corrected chi connectivity index (χ4v) is 2.41. The second-order valence-electron chi connectivity index (χ2n) is 5.37. The lowest BCUT2D eigenvalue weighted by atomic mass is 10.0. The maximum atomic E-state index is 12.5. The summed E-state index contributed by atoms with van der Waals surface area (Å²) in [5, 5.41) is 5.52. The summed E-state index contributed by atoms with van der Waals surface area (Å²) in [5.74, 6) is 0.184. The highest BCUT2D eigenvalue weighted by Crippen LogP contribution is 2.25. The van der Waals surface area contributed by atoms with Gasteiger partial charge in [-0.2, -0.15) is 0 Å². The van der Waals surface area contributed by atoms with Crippen molar-refractivity contribution in [3.63, 3.8) is 0 Å². The molecule has 2 aromatic rings. The monoisotopic (exact) mass is 312 g/mol. The highest BCUT2D eigenvalue weighted by molar-refractivity contribution is 6.07. The first-order valence-corrected chi connectivity index (χ1v) is 7.25. The third kappa shape index (κ3) is 4.10. The first kappa shape index (κ1) is 16.5. The molecular weight excluding hydrogens is 292 g/mol. The van der Waals surface area contributed by atoms with Crippen LogP contribution in [0.5, 0.6) is 5.75 Å². The van der Waals surface area contributed by atoms with Crippen molar-refractivity contribution in [2.24, 2.45) is 0 Å². The van der Waals surface area contributed by atoms with Gasteiger partial charge in [-0.15, -0.1) is 0 Å². The number of benzene rings is 2. The minimum atomic E-state index is -0.230. The van der Waals surface area contributed by atoms with E-state index in [1.807, 2.05) is 26.0 Å². The topological polar surface area (TPSA) is 67.4 Å². The van der Waals surface area contributed by atoms with Crippen molar-refractivity contribution in [3.05, 3.63) is 53.1 Å². The molecule has 23 heavy (non-hydrogen) atoms. The van der Waals surface area contributed by atoms with Crippen LogP contribution in [0.1, 0.15) is 28.4 Å². The van der Waals surface area contributed by atoms with Crippen molar-refractivity contribution in [1.29, 1.82) is 0 Å². The molecule has 0 bridgehead atoms. The molecule has 120 valence electrons. The number of nitrogens with one attached hydrogen (secondary N) is 2. The van der Waals surface area contributed by atoms with Crippen LogP contribution in [0.4, 0.5) is 11.4 Å². The van der Waals surface area contributed by atoms with Crippen molar-refractivity contribution in [2.45, 2.75) is 20.8 Å². The van der Waals surface area contributed by atoms with Crippen molar-refractivity contribution >= 4 is 23.2 Å². The standard InChI is InChI=1S/C18H20N2O3/c1-11-9-12(2)17(16(10-11)23-4)18(22)20-15-7-5-14(6-8-15)19-13(3)21/h5-10H,1-4H3,(H,19,21)(H,20,22). The molecular formula is C18H20N2O3. The minimum Gasteiger partial charge on any atom is -0.496 e. The lowest BCUT2D eigenvalue weighted by Gasteiger charge is -2.13. The Morgan fingerprint density at radius 3 is 2.04 bits per heavy atom. The molecule has 5 nitrogen and oxygen atoms in total. The van der Waals surface area contributed by atoms with Gasteiger partial charge in [0.25, 0.3) is 5.91 Å². The number of hydrogen-bond acceptors (Lipinski definition) is 3. The molecule has 0 atom stereocenters. The van der Waals surface area contributed by atoms with E-state index in [4.69, 9.17) is 4.74 Å². The first-order chi connectivity index (χ1) is 10.9. The molecule has 0 aliphatic carbocycles. The highest BCUT2D eigenvalue weighted by Gasteiger charge is 2.16. The van der Waals surface area contributed by atoms with Gasteiger partial charge in [0, 0.05) is 18.3 Å². The summed E-state index contributed by atoms with van der Waals surface area (Å²) in [6, 6.07) is 10.7. The molecule has 0 spiro atoms. The number of carbonyl (C=O) groups excluding carboxylic acids is 2. The fourth-order valence-electron chi connectivity index (χ4n) is 2.41. The van der Waals surface area contributed by atoms with E-state index in [-0.39, 0.29) is 11.8 Å². The SMILES string of the molecule is COc1cc(C)cc(C)c1C(=O)Nc1ccc(NC(C)=O)cc1. The van der Waals surface area contributed by atoms with Crippen LogP contribution >= 0.6 is 0 Å². The zero-order chi connectivity index (χ0) is 17.0. The number of rotatable bonds is 4. The van der Waals surface area contributed by atoms with Crippen LogP contribution in [-0.4, -0.2) is 18.9 Å². The smallest absolute Gasteiger partial charge is 0.259 e. The zero-order valence-electron chi connectivity index (χ0n) is 13.7. The summed E-state index contributed by atoms with van der Waals surface area (Å²) < 4.78 is 5.32. The number of hydrogen-bond donors (Lipinski definition) is 2. The van der Waals surface area contributed by atoms with Crippen LogP contribution in [-0.2, 0) is 4.79 Å². The summed E-state index contributed by atoms with van der Waals surface area (Å²) in [6.45, 7) is 5.28. The molecule has 2 rings (SSSR count). The molecule has 0 unspecified atom stereocenters. The first-order valence-electron chi connectivity index (χ1n) is 7.25. The van der Waals surface area contributed by atoms with Crippen LogP contribution in [0.25, 0.3) is 0 Å². The number of anilines is 2. The van der Waals surface area contributed by atoms with Gasteiger partial charge in [0.05, 0.1) is 12.7 Å². The summed E-state index contributed by atoms with van der Waals surface area (Å²) >= 11 is 0. The van der Waals surface area contributed by atoms with E-state index in [1.165, 1.54) is 6.92 Å². The normalized spacial score (nSPS) is 10.1. The van der Waals surface area contributed by atoms with E-state index in [2.05, 4.69) is 10.6 Å². The molecule has 0 aromatic heterocycles. The number of carbonyl (C=O) groups is 2. The van der Waals surface area contributed by atoms with E-state index in [0.717, 1.165) is 11.1 Å². The van der Waals surface area contributed by atoms with Crippen LogP contribution in [0, 0.1) is 13.8 Å². The molecule has 0 saturated carbocycles. The van der Waals surface area contributed by atoms with Gasteiger partial charge < -0.3 is 15.4 Å². The Bertz CT molecular complexity index is 737. The fraction of sp³-hybridized carbons (Fsp3) is 0.222. The van der Waals surface area contributed by atoms with E-state index < -0.39 is 0 Å². The van der Waals surface area contributed by atoms with Crippen LogP contribution in [0.3, 0.4) is 0 Å². The Hall–Kier alpha value is -2.82. The maximum Gasteiger partial charge on any atom is 0.259 e. The number of aryl methyl sites for hydroxylation is 2. The summed E-state index contributed by atoms with van der Waals surface area (Å²) in [7, 11) is 1.55. The van der Waals surface area contributed by atoms with Gasteiger partial charge in [-0.3, -0.25) is 9.59 Å². The third-order valence-corrected chi connectivity index (χ3v) is 3.35. The predicted molar refractivity (Wildman–Crippen MR) is 91.2 cm³/mol. The van der Waals surface area contributed by atoms with Crippen LogP contribution < -0.4 is 15.4 Å². The van der Waals surface area contributed by atoms with Gasteiger partial charge in [0.2, 0.25) is 5.91 Å². The molecule has 2 aromatic carbocycles. The number of methoxy groups -OCH3 is 1. The molecule has 2 N–H and O–H groups in total. The molecule has 0 radical (unpaired) electrons. The van der Waals surface area contributed by atoms with Crippen LogP contribution in [0.15, 0.2) is 36.4 Å². The van der Waals surface area contributed by atoms with Crippen molar-refractivity contribution in [3.8, 4) is 5.75 Å². The lowest BCUT2D eigenvalue weighted by Crippen LogP contribution is -2.15. The quantitative estimate of drug-likeness (QED) is 0.907. The maximum absolute atomic E-state index is 12.5. The average molecular weight is 312 g/mol. The summed E-state index contributed by atoms with van der Waals surface area (Å²) in [4.78, 5) is 23.5. The van der Waals surface area contributed by atoms with Gasteiger partial charge in [-0.05, 0) is 55.3 Å². The molecule has 0 fully saturated rings. The van der Waals surface area contributed by atoms with Crippen molar-refractivity contribution in [1.82, 2.24) is 0 Å². The number of ether oxygens (including phenoxy) is 1. The van der Waals surface area contributed by atoms with E-state index >= 15 is 0 Å². The number of amides is 2. The molecule has 0 aliphatic rings. The Morgan fingerprint density at radius 2 is 1.52 bits per heavy atom. The molecule has 5 heteroatoms.